The van der Waals surface area contributed by atoms with Crippen LogP contribution in [0.1, 0.15) is 43.5 Å². The predicted molar refractivity (Wildman–Crippen MR) is 67.5 cm³/mol. The van der Waals surface area contributed by atoms with Crippen LogP contribution in [0.4, 0.5) is 0 Å². The molecule has 0 N–H and O–H groups in total. The van der Waals surface area contributed by atoms with E-state index in [0.29, 0.717) is 0 Å². The van der Waals surface area contributed by atoms with Gasteiger partial charge in [0.1, 0.15) is 5.01 Å². The highest BCUT2D eigenvalue weighted by Crippen LogP contribution is 2.26. The normalized spacial score (nSPS) is 19.5. The van der Waals surface area contributed by atoms with E-state index in [-0.39, 0.29) is 0 Å². The van der Waals surface area contributed by atoms with Crippen LogP contribution < -0.4 is 0 Å². The lowest BCUT2D eigenvalue weighted by atomic mass is 9.97. The first-order valence-electron chi connectivity index (χ1n) is 5.32. The summed E-state index contributed by atoms with van der Waals surface area (Å²) in [5, 5.41) is 1.24. The van der Waals surface area contributed by atoms with Gasteiger partial charge in [-0.25, -0.2) is 4.98 Å². The Morgan fingerprint density at radius 2 is 1.93 bits per heavy atom. The van der Waals surface area contributed by atoms with E-state index in [9.17, 15) is 0 Å². The third kappa shape index (κ3) is 3.15. The molecule has 0 spiro atoms. The van der Waals surface area contributed by atoms with Crippen LogP contribution in [0.15, 0.2) is 0 Å². The highest BCUT2D eigenvalue weighted by Gasteiger charge is 2.14. The van der Waals surface area contributed by atoms with Crippen molar-refractivity contribution >= 4 is 34.1 Å². The summed E-state index contributed by atoms with van der Waals surface area (Å²) in [5.74, 6) is 0.876. The quantitative estimate of drug-likeness (QED) is 0.613. The first kappa shape index (κ1) is 10.8. The topological polar surface area (TPSA) is 25.8 Å². The van der Waals surface area contributed by atoms with Crippen LogP contribution >= 0.6 is 34.1 Å². The average molecular weight is 322 g/mol. The van der Waals surface area contributed by atoms with E-state index in [1.54, 1.807) is 11.5 Å². The molecule has 4 heteroatoms. The summed E-state index contributed by atoms with van der Waals surface area (Å²) in [6.45, 7) is 0. The molecular weight excluding hydrogens is 307 g/mol. The molecule has 1 fully saturated rings. The fourth-order valence-electron chi connectivity index (χ4n) is 2.13. The van der Waals surface area contributed by atoms with E-state index >= 15 is 0 Å². The van der Waals surface area contributed by atoms with E-state index in [2.05, 4.69) is 31.9 Å². The Morgan fingerprint density at radius 3 is 2.50 bits per heavy atom. The van der Waals surface area contributed by atoms with Gasteiger partial charge in [-0.05, 0) is 17.5 Å². The van der Waals surface area contributed by atoms with Gasteiger partial charge >= 0.3 is 0 Å². The van der Waals surface area contributed by atoms with Crippen molar-refractivity contribution in [3.05, 3.63) is 8.84 Å². The lowest BCUT2D eigenvalue weighted by Crippen LogP contribution is -2.02. The zero-order chi connectivity index (χ0) is 9.80. The van der Waals surface area contributed by atoms with Crippen LogP contribution in [-0.2, 0) is 6.42 Å². The molecule has 1 aliphatic carbocycles. The summed E-state index contributed by atoms with van der Waals surface area (Å²) in [6, 6.07) is 0. The van der Waals surface area contributed by atoms with Gasteiger partial charge in [-0.2, -0.15) is 4.37 Å². The molecule has 1 aliphatic rings. The zero-order valence-corrected chi connectivity index (χ0v) is 11.2. The fraction of sp³-hybridized carbons (Fsp3) is 0.800. The van der Waals surface area contributed by atoms with Crippen molar-refractivity contribution < 1.29 is 0 Å². The smallest absolute Gasteiger partial charge is 0.203 e. The molecule has 1 aromatic rings. The van der Waals surface area contributed by atoms with Crippen LogP contribution in [0.2, 0.25) is 0 Å². The Hall–Kier alpha value is 0.290. The molecule has 1 heterocycles. The predicted octanol–water partition coefficient (Wildman–Crippen LogP) is 3.66. The summed E-state index contributed by atoms with van der Waals surface area (Å²) in [4.78, 5) is 4.43. The van der Waals surface area contributed by atoms with Crippen molar-refractivity contribution in [3.63, 3.8) is 0 Å². The Morgan fingerprint density at radius 1 is 1.21 bits per heavy atom. The van der Waals surface area contributed by atoms with E-state index in [1.807, 2.05) is 0 Å². The summed E-state index contributed by atoms with van der Waals surface area (Å²) >= 11 is 3.77. The summed E-state index contributed by atoms with van der Waals surface area (Å²) in [5.41, 5.74) is 0. The molecule has 0 aromatic carbocycles. The minimum Gasteiger partial charge on any atom is -0.215 e. The van der Waals surface area contributed by atoms with Crippen LogP contribution in [0.3, 0.4) is 0 Å². The lowest BCUT2D eigenvalue weighted by Gasteiger charge is -2.10. The Bertz CT molecular complexity index is 279. The molecule has 0 saturated heterocycles. The molecule has 0 amide bonds. The van der Waals surface area contributed by atoms with Crippen molar-refractivity contribution in [1.82, 2.24) is 9.36 Å². The van der Waals surface area contributed by atoms with E-state index in [1.165, 1.54) is 50.0 Å². The first-order chi connectivity index (χ1) is 6.84. The Kier molecular flexibility index (Phi) is 4.16. The Labute approximate surface area is 103 Å². The van der Waals surface area contributed by atoms with E-state index in [0.717, 1.165) is 9.75 Å². The minimum atomic E-state index is 0.876. The van der Waals surface area contributed by atoms with Gasteiger partial charge < -0.3 is 0 Å². The van der Waals surface area contributed by atoms with Gasteiger partial charge in [0.25, 0.3) is 0 Å². The van der Waals surface area contributed by atoms with Crippen molar-refractivity contribution in [2.75, 3.05) is 0 Å². The van der Waals surface area contributed by atoms with Gasteiger partial charge in [0.2, 0.25) is 3.83 Å². The van der Waals surface area contributed by atoms with Crippen molar-refractivity contribution in [3.8, 4) is 0 Å². The molecule has 0 aliphatic heterocycles. The maximum absolute atomic E-state index is 4.43. The molecule has 0 unspecified atom stereocenters. The monoisotopic (exact) mass is 322 g/mol. The van der Waals surface area contributed by atoms with Crippen LogP contribution in [0, 0.1) is 9.75 Å². The summed E-state index contributed by atoms with van der Waals surface area (Å²) in [7, 11) is 0. The molecule has 1 aromatic heterocycles. The molecular formula is C10H15IN2S. The molecule has 0 radical (unpaired) electrons. The molecule has 14 heavy (non-hydrogen) atoms. The third-order valence-corrected chi connectivity index (χ3v) is 4.42. The largest absolute Gasteiger partial charge is 0.215 e. The van der Waals surface area contributed by atoms with E-state index in [4.69, 9.17) is 0 Å². The first-order valence-corrected chi connectivity index (χ1v) is 7.18. The standard InChI is InChI=1S/C10H15IN2S/c11-10-12-9(14-13-10)7-8-5-3-1-2-4-6-8/h8H,1-7H2. The van der Waals surface area contributed by atoms with Gasteiger partial charge in [-0.3, -0.25) is 0 Å². The average Bonchev–Trinajstić information content (AvgIpc) is 2.43. The summed E-state index contributed by atoms with van der Waals surface area (Å²) < 4.78 is 5.14. The fourth-order valence-corrected chi connectivity index (χ4v) is 3.54. The second kappa shape index (κ2) is 5.39. The number of halogens is 1. The van der Waals surface area contributed by atoms with Gasteiger partial charge in [-0.15, -0.1) is 0 Å². The Balaban J connectivity index is 1.89. The minimum absolute atomic E-state index is 0.876. The van der Waals surface area contributed by atoms with Crippen molar-refractivity contribution in [2.45, 2.75) is 44.9 Å². The number of nitrogens with zero attached hydrogens (tertiary/aromatic N) is 2. The van der Waals surface area contributed by atoms with Crippen molar-refractivity contribution in [2.24, 2.45) is 5.92 Å². The van der Waals surface area contributed by atoms with Gasteiger partial charge in [0, 0.05) is 29.0 Å². The molecule has 0 atom stereocenters. The van der Waals surface area contributed by atoms with Crippen LogP contribution in [0.5, 0.6) is 0 Å². The zero-order valence-electron chi connectivity index (χ0n) is 8.21. The molecule has 0 bridgehead atoms. The number of hydrogen-bond donors (Lipinski definition) is 0. The highest BCUT2D eigenvalue weighted by atomic mass is 127. The molecule has 78 valence electrons. The highest BCUT2D eigenvalue weighted by molar-refractivity contribution is 14.1. The third-order valence-electron chi connectivity index (χ3n) is 2.88. The SMILES string of the molecule is Ic1nsc(CC2CCCCCC2)n1. The lowest BCUT2D eigenvalue weighted by molar-refractivity contribution is 0.457. The number of aromatic nitrogens is 2. The maximum atomic E-state index is 4.43. The van der Waals surface area contributed by atoms with Crippen LogP contribution in [-0.4, -0.2) is 9.36 Å². The maximum Gasteiger partial charge on any atom is 0.203 e. The van der Waals surface area contributed by atoms with Gasteiger partial charge in [0.15, 0.2) is 0 Å². The molecule has 2 rings (SSSR count). The summed E-state index contributed by atoms with van der Waals surface area (Å²) in [6.07, 6.45) is 9.67. The second-order valence-electron chi connectivity index (χ2n) is 4.02. The second-order valence-corrected chi connectivity index (χ2v) is 5.82. The van der Waals surface area contributed by atoms with Gasteiger partial charge in [0.05, 0.1) is 0 Å². The van der Waals surface area contributed by atoms with Gasteiger partial charge in [-0.1, -0.05) is 38.5 Å². The molecule has 2 nitrogen and oxygen atoms in total. The number of rotatable bonds is 2. The van der Waals surface area contributed by atoms with E-state index < -0.39 is 0 Å². The number of hydrogen-bond acceptors (Lipinski definition) is 3. The van der Waals surface area contributed by atoms with Crippen molar-refractivity contribution in [1.29, 1.82) is 0 Å². The molecule has 1 saturated carbocycles. The van der Waals surface area contributed by atoms with Crippen LogP contribution in [0.25, 0.3) is 0 Å².